The highest BCUT2D eigenvalue weighted by atomic mass is 19.4. The maximum atomic E-state index is 12.7. The average Bonchev–Trinajstić information content (AvgIpc) is 2.61. The van der Waals surface area contributed by atoms with Crippen molar-refractivity contribution in [2.75, 3.05) is 26.2 Å². The highest BCUT2D eigenvalue weighted by Crippen LogP contribution is 2.30. The molecule has 1 N–H and O–H groups in total. The van der Waals surface area contributed by atoms with Crippen molar-refractivity contribution in [1.29, 1.82) is 0 Å². The van der Waals surface area contributed by atoms with Crippen LogP contribution >= 0.6 is 0 Å². The van der Waals surface area contributed by atoms with E-state index in [-0.39, 0.29) is 0 Å². The molecule has 0 aliphatic carbocycles. The molecule has 1 aliphatic heterocycles. The molecule has 3 rings (SSSR count). The van der Waals surface area contributed by atoms with Gasteiger partial charge in [-0.15, -0.1) is 0 Å². The number of rotatable bonds is 2. The second-order valence-corrected chi connectivity index (χ2v) is 5.58. The second-order valence-electron chi connectivity index (χ2n) is 5.58. The summed E-state index contributed by atoms with van der Waals surface area (Å²) in [5.74, 6) is 0.789. The van der Waals surface area contributed by atoms with Gasteiger partial charge in [0, 0.05) is 31.7 Å². The lowest BCUT2D eigenvalue weighted by atomic mass is 10.1. The van der Waals surface area contributed by atoms with Crippen molar-refractivity contribution in [3.63, 3.8) is 0 Å². The van der Waals surface area contributed by atoms with Crippen molar-refractivity contribution >= 4 is 11.5 Å². The third kappa shape index (κ3) is 3.94. The Kier molecular flexibility index (Phi) is 4.85. The summed E-state index contributed by atoms with van der Waals surface area (Å²) in [5, 5.41) is 3.29. The number of nitrogens with zero attached hydrogens (tertiary/aromatic N) is 2. The maximum absolute atomic E-state index is 12.7. The Balaban J connectivity index is 1.94. The van der Waals surface area contributed by atoms with Crippen LogP contribution in [0.1, 0.15) is 11.1 Å². The third-order valence-electron chi connectivity index (χ3n) is 3.88. The van der Waals surface area contributed by atoms with Gasteiger partial charge in [-0.2, -0.15) is 13.2 Å². The summed E-state index contributed by atoms with van der Waals surface area (Å²) in [5.41, 5.74) is 0.810. The van der Waals surface area contributed by atoms with E-state index in [1.54, 1.807) is 0 Å². The normalized spacial score (nSPS) is 16.3. The maximum Gasteiger partial charge on any atom is 0.416 e. The quantitative estimate of drug-likeness (QED) is 0.670. The van der Waals surface area contributed by atoms with Crippen molar-refractivity contribution in [3.05, 3.63) is 65.7 Å². The fraction of sp³-hybridized carbons (Fsp3) is 0.278. The monoisotopic (exact) mass is 333 g/mol. The van der Waals surface area contributed by atoms with Gasteiger partial charge in [-0.05, 0) is 24.3 Å². The molecule has 1 fully saturated rings. The number of aliphatic imine (C=N–C) groups is 1. The van der Waals surface area contributed by atoms with E-state index in [4.69, 9.17) is 0 Å². The number of piperazine rings is 1. The first-order chi connectivity index (χ1) is 11.5. The zero-order valence-corrected chi connectivity index (χ0v) is 13.1. The molecule has 126 valence electrons. The molecule has 0 saturated carbocycles. The van der Waals surface area contributed by atoms with Gasteiger partial charge in [-0.1, -0.05) is 30.3 Å². The van der Waals surface area contributed by atoms with E-state index in [1.807, 2.05) is 30.3 Å². The number of hydrogen-bond donors (Lipinski definition) is 1. The fourth-order valence-electron chi connectivity index (χ4n) is 2.63. The fourth-order valence-corrected chi connectivity index (χ4v) is 2.63. The van der Waals surface area contributed by atoms with E-state index in [1.165, 1.54) is 12.1 Å². The van der Waals surface area contributed by atoms with Crippen LogP contribution in [-0.4, -0.2) is 36.9 Å². The number of alkyl halides is 3. The molecule has 6 heteroatoms. The van der Waals surface area contributed by atoms with E-state index >= 15 is 0 Å². The lowest BCUT2D eigenvalue weighted by Gasteiger charge is -2.30. The van der Waals surface area contributed by atoms with Gasteiger partial charge < -0.3 is 10.2 Å². The molecule has 0 amide bonds. The van der Waals surface area contributed by atoms with Gasteiger partial charge in [0.15, 0.2) is 0 Å². The molecule has 0 atom stereocenters. The number of benzene rings is 2. The Morgan fingerprint density at radius 3 is 2.12 bits per heavy atom. The van der Waals surface area contributed by atoms with Gasteiger partial charge in [0.1, 0.15) is 5.84 Å². The summed E-state index contributed by atoms with van der Waals surface area (Å²) in [6, 6.07) is 14.7. The first-order valence-electron chi connectivity index (χ1n) is 7.81. The van der Waals surface area contributed by atoms with Crippen LogP contribution in [0.2, 0.25) is 0 Å². The molecule has 1 aliphatic rings. The second kappa shape index (κ2) is 7.05. The van der Waals surface area contributed by atoms with E-state index < -0.39 is 11.7 Å². The van der Waals surface area contributed by atoms with Crippen molar-refractivity contribution in [2.24, 2.45) is 4.99 Å². The Morgan fingerprint density at radius 2 is 1.54 bits per heavy atom. The van der Waals surface area contributed by atoms with E-state index in [9.17, 15) is 13.2 Å². The average molecular weight is 333 g/mol. The number of hydrogen-bond acceptors (Lipinski definition) is 2. The summed E-state index contributed by atoms with van der Waals surface area (Å²) in [7, 11) is 0. The zero-order chi connectivity index (χ0) is 17.0. The predicted octanol–water partition coefficient (Wildman–Crippen LogP) is 3.69. The zero-order valence-electron chi connectivity index (χ0n) is 13.1. The molecule has 0 aromatic heterocycles. The summed E-state index contributed by atoms with van der Waals surface area (Å²) >= 11 is 0. The smallest absolute Gasteiger partial charge is 0.354 e. The lowest BCUT2D eigenvalue weighted by Crippen LogP contribution is -2.46. The Morgan fingerprint density at radius 1 is 0.917 bits per heavy atom. The molecule has 3 nitrogen and oxygen atoms in total. The van der Waals surface area contributed by atoms with E-state index in [2.05, 4.69) is 15.2 Å². The van der Waals surface area contributed by atoms with Crippen LogP contribution < -0.4 is 5.32 Å². The number of halogens is 3. The van der Waals surface area contributed by atoms with Gasteiger partial charge in [0.2, 0.25) is 0 Å². The third-order valence-corrected chi connectivity index (χ3v) is 3.88. The number of nitrogens with one attached hydrogen (secondary N) is 1. The minimum atomic E-state index is -4.33. The van der Waals surface area contributed by atoms with E-state index in [0.717, 1.165) is 49.7 Å². The SMILES string of the molecule is FC(F)(F)c1ccc(N=C(c2ccccc2)N2CCNCC2)cc1. The van der Waals surface area contributed by atoms with Gasteiger partial charge in [0.05, 0.1) is 11.3 Å². The molecule has 0 bridgehead atoms. The van der Waals surface area contributed by atoms with Crippen molar-refractivity contribution in [1.82, 2.24) is 10.2 Å². The highest BCUT2D eigenvalue weighted by molar-refractivity contribution is 6.00. The molecule has 1 heterocycles. The lowest BCUT2D eigenvalue weighted by molar-refractivity contribution is -0.137. The van der Waals surface area contributed by atoms with Crippen LogP contribution in [0.25, 0.3) is 0 Å². The molecular formula is C18H18F3N3. The van der Waals surface area contributed by atoms with Crippen LogP contribution in [0.5, 0.6) is 0 Å². The summed E-state index contributed by atoms with van der Waals surface area (Å²) in [4.78, 5) is 6.78. The molecule has 2 aromatic rings. The molecular weight excluding hydrogens is 315 g/mol. The van der Waals surface area contributed by atoms with Crippen LogP contribution in [0.4, 0.5) is 18.9 Å². The van der Waals surface area contributed by atoms with Crippen LogP contribution in [0.15, 0.2) is 59.6 Å². The Labute approximate surface area is 138 Å². The van der Waals surface area contributed by atoms with E-state index in [0.29, 0.717) is 5.69 Å². The first kappa shape index (κ1) is 16.5. The minimum absolute atomic E-state index is 0.514. The minimum Gasteiger partial charge on any atom is -0.354 e. The Hall–Kier alpha value is -2.34. The molecule has 0 unspecified atom stereocenters. The molecule has 1 saturated heterocycles. The first-order valence-corrected chi connectivity index (χ1v) is 7.81. The molecule has 24 heavy (non-hydrogen) atoms. The van der Waals surface area contributed by atoms with Crippen LogP contribution in [0, 0.1) is 0 Å². The van der Waals surface area contributed by atoms with Crippen molar-refractivity contribution < 1.29 is 13.2 Å². The topological polar surface area (TPSA) is 27.6 Å². The largest absolute Gasteiger partial charge is 0.416 e. The molecule has 0 spiro atoms. The number of amidine groups is 1. The molecule has 0 radical (unpaired) electrons. The van der Waals surface area contributed by atoms with Gasteiger partial charge >= 0.3 is 6.18 Å². The standard InChI is InChI=1S/C18H18F3N3/c19-18(20,21)15-6-8-16(9-7-15)23-17(14-4-2-1-3-5-14)24-12-10-22-11-13-24/h1-9,22H,10-13H2. The van der Waals surface area contributed by atoms with Crippen molar-refractivity contribution in [3.8, 4) is 0 Å². The highest BCUT2D eigenvalue weighted by Gasteiger charge is 2.30. The van der Waals surface area contributed by atoms with Gasteiger partial charge in [-0.25, -0.2) is 4.99 Å². The summed E-state index contributed by atoms with van der Waals surface area (Å²) in [6.45, 7) is 3.35. The summed E-state index contributed by atoms with van der Waals surface area (Å²) in [6.07, 6.45) is -4.33. The van der Waals surface area contributed by atoms with Gasteiger partial charge in [-0.3, -0.25) is 0 Å². The Bertz CT molecular complexity index is 688. The predicted molar refractivity (Wildman–Crippen MR) is 88.5 cm³/mol. The van der Waals surface area contributed by atoms with Gasteiger partial charge in [0.25, 0.3) is 0 Å². The van der Waals surface area contributed by atoms with Crippen molar-refractivity contribution in [2.45, 2.75) is 6.18 Å². The van der Waals surface area contributed by atoms with Crippen LogP contribution in [0.3, 0.4) is 0 Å². The van der Waals surface area contributed by atoms with Crippen LogP contribution in [-0.2, 0) is 6.18 Å². The summed E-state index contributed by atoms with van der Waals surface area (Å²) < 4.78 is 38.1. The molecule has 2 aromatic carbocycles.